The van der Waals surface area contributed by atoms with Crippen molar-refractivity contribution in [1.29, 1.82) is 0 Å². The van der Waals surface area contributed by atoms with Crippen molar-refractivity contribution in [3.8, 4) is 22.5 Å². The van der Waals surface area contributed by atoms with Crippen molar-refractivity contribution in [1.82, 2.24) is 25.1 Å². The zero-order valence-corrected chi connectivity index (χ0v) is 15.8. The molecule has 142 valence electrons. The lowest BCUT2D eigenvalue weighted by molar-refractivity contribution is -0.115. The van der Waals surface area contributed by atoms with Gasteiger partial charge < -0.3 is 5.32 Å². The second-order valence-electron chi connectivity index (χ2n) is 6.51. The highest BCUT2D eigenvalue weighted by Gasteiger charge is 2.09. The Balaban J connectivity index is 1.41. The number of anilines is 1. The summed E-state index contributed by atoms with van der Waals surface area (Å²) in [4.78, 5) is 25.2. The smallest absolute Gasteiger partial charge is 0.230 e. The average molecular weight is 382 g/mol. The summed E-state index contributed by atoms with van der Waals surface area (Å²) in [6.45, 7) is 1.98. The number of aryl methyl sites for hydroxylation is 1. The zero-order valence-electron chi connectivity index (χ0n) is 15.8. The minimum atomic E-state index is -0.150. The monoisotopic (exact) mass is 382 g/mol. The molecule has 0 aliphatic heterocycles. The van der Waals surface area contributed by atoms with Gasteiger partial charge in [0.2, 0.25) is 5.91 Å². The van der Waals surface area contributed by atoms with Crippen molar-refractivity contribution in [3.05, 3.63) is 84.6 Å². The summed E-state index contributed by atoms with van der Waals surface area (Å²) in [5.74, 6) is 0.336. The van der Waals surface area contributed by atoms with Crippen LogP contribution < -0.4 is 5.32 Å². The van der Waals surface area contributed by atoms with Crippen LogP contribution in [0.2, 0.25) is 0 Å². The summed E-state index contributed by atoms with van der Waals surface area (Å²) in [5, 5.41) is 10.7. The number of carbonyl (C=O) groups is 1. The van der Waals surface area contributed by atoms with Crippen LogP contribution in [0.25, 0.3) is 22.5 Å². The first-order valence-electron chi connectivity index (χ1n) is 9.09. The number of aromatic nitrogens is 5. The molecular formula is C22H18N6O. The Morgan fingerprint density at radius 2 is 1.83 bits per heavy atom. The molecule has 1 N–H and O–H groups in total. The molecule has 7 nitrogen and oxygen atoms in total. The molecule has 4 rings (SSSR count). The van der Waals surface area contributed by atoms with Gasteiger partial charge in [-0.15, -0.1) is 0 Å². The Kier molecular flexibility index (Phi) is 5.29. The molecule has 0 spiro atoms. The minimum absolute atomic E-state index is 0.150. The van der Waals surface area contributed by atoms with Crippen LogP contribution in [-0.2, 0) is 11.2 Å². The van der Waals surface area contributed by atoms with E-state index < -0.39 is 0 Å². The number of rotatable bonds is 5. The Labute approximate surface area is 167 Å². The van der Waals surface area contributed by atoms with Crippen LogP contribution in [0.1, 0.15) is 11.1 Å². The van der Waals surface area contributed by atoms with Gasteiger partial charge in [-0.25, -0.2) is 4.98 Å². The average Bonchev–Trinajstić information content (AvgIpc) is 2.75. The van der Waals surface area contributed by atoms with Gasteiger partial charge >= 0.3 is 0 Å². The van der Waals surface area contributed by atoms with Crippen molar-refractivity contribution in [2.24, 2.45) is 0 Å². The van der Waals surface area contributed by atoms with E-state index in [1.807, 2.05) is 43.3 Å². The van der Waals surface area contributed by atoms with E-state index in [2.05, 4.69) is 30.5 Å². The molecule has 0 unspecified atom stereocenters. The first-order chi connectivity index (χ1) is 14.2. The molecule has 1 amide bonds. The Hall–Kier alpha value is -4.00. The van der Waals surface area contributed by atoms with Crippen molar-refractivity contribution < 1.29 is 4.79 Å². The van der Waals surface area contributed by atoms with Gasteiger partial charge in [-0.05, 0) is 54.4 Å². The first-order valence-corrected chi connectivity index (χ1v) is 9.09. The lowest BCUT2D eigenvalue weighted by Gasteiger charge is -2.08. The summed E-state index contributed by atoms with van der Waals surface area (Å²) < 4.78 is 0. The summed E-state index contributed by atoms with van der Waals surface area (Å²) >= 11 is 0. The molecule has 0 aliphatic carbocycles. The van der Waals surface area contributed by atoms with E-state index in [9.17, 15) is 4.79 Å². The van der Waals surface area contributed by atoms with E-state index in [1.165, 1.54) is 0 Å². The SMILES string of the molecule is Cc1cc(CC(=O)Nc2ccc(-c3cccnn3)cn2)cnc1-c1ccncc1. The van der Waals surface area contributed by atoms with Crippen molar-refractivity contribution in [2.75, 3.05) is 5.32 Å². The second kappa shape index (κ2) is 8.35. The number of hydrogen-bond acceptors (Lipinski definition) is 6. The van der Waals surface area contributed by atoms with E-state index >= 15 is 0 Å². The molecule has 0 atom stereocenters. The molecular weight excluding hydrogens is 364 g/mol. The fourth-order valence-electron chi connectivity index (χ4n) is 2.99. The van der Waals surface area contributed by atoms with E-state index in [1.54, 1.807) is 37.1 Å². The van der Waals surface area contributed by atoms with Gasteiger partial charge in [-0.1, -0.05) is 6.07 Å². The Morgan fingerprint density at radius 1 is 0.966 bits per heavy atom. The predicted molar refractivity (Wildman–Crippen MR) is 110 cm³/mol. The highest BCUT2D eigenvalue weighted by atomic mass is 16.1. The normalized spacial score (nSPS) is 10.5. The number of amides is 1. The van der Waals surface area contributed by atoms with Gasteiger partial charge in [0.05, 0.1) is 17.8 Å². The van der Waals surface area contributed by atoms with Crippen LogP contribution in [0, 0.1) is 6.92 Å². The number of hydrogen-bond donors (Lipinski definition) is 1. The van der Waals surface area contributed by atoms with Gasteiger partial charge in [0.25, 0.3) is 0 Å². The molecule has 0 saturated carbocycles. The maximum atomic E-state index is 12.4. The molecule has 0 saturated heterocycles. The summed E-state index contributed by atoms with van der Waals surface area (Å²) in [6.07, 6.45) is 8.70. The van der Waals surface area contributed by atoms with Gasteiger partial charge in [0.1, 0.15) is 5.82 Å². The lowest BCUT2D eigenvalue weighted by atomic mass is 10.1. The molecule has 0 radical (unpaired) electrons. The third kappa shape index (κ3) is 4.47. The van der Waals surface area contributed by atoms with E-state index in [0.29, 0.717) is 5.82 Å². The third-order valence-electron chi connectivity index (χ3n) is 4.35. The van der Waals surface area contributed by atoms with Crippen LogP contribution in [0.4, 0.5) is 5.82 Å². The number of carbonyl (C=O) groups excluding carboxylic acids is 1. The fraction of sp³-hybridized carbons (Fsp3) is 0.0909. The number of nitrogens with zero attached hydrogens (tertiary/aromatic N) is 5. The second-order valence-corrected chi connectivity index (χ2v) is 6.51. The quantitative estimate of drug-likeness (QED) is 0.568. The van der Waals surface area contributed by atoms with E-state index in [0.717, 1.165) is 33.6 Å². The van der Waals surface area contributed by atoms with Gasteiger partial charge in [-0.3, -0.25) is 14.8 Å². The minimum Gasteiger partial charge on any atom is -0.310 e. The van der Waals surface area contributed by atoms with Crippen LogP contribution in [0.5, 0.6) is 0 Å². The van der Waals surface area contributed by atoms with E-state index in [4.69, 9.17) is 0 Å². The standard InChI is InChI=1S/C22H18N6O/c1-15-11-16(13-25-22(15)17-6-9-23-10-7-17)12-21(29)27-20-5-4-18(14-24-20)19-3-2-8-26-28-19/h2-11,13-14H,12H2,1H3,(H,24,27,29). The molecule has 0 fully saturated rings. The van der Waals surface area contributed by atoms with Crippen molar-refractivity contribution in [2.45, 2.75) is 13.3 Å². The first kappa shape index (κ1) is 18.4. The summed E-state index contributed by atoms with van der Waals surface area (Å²) in [7, 11) is 0. The van der Waals surface area contributed by atoms with Gasteiger partial charge in [-0.2, -0.15) is 10.2 Å². The number of pyridine rings is 3. The predicted octanol–water partition coefficient (Wildman–Crippen LogP) is 3.49. The van der Waals surface area contributed by atoms with Crippen molar-refractivity contribution in [3.63, 3.8) is 0 Å². The molecule has 0 aliphatic rings. The largest absolute Gasteiger partial charge is 0.310 e. The van der Waals surface area contributed by atoms with Crippen molar-refractivity contribution >= 4 is 11.7 Å². The maximum absolute atomic E-state index is 12.4. The summed E-state index contributed by atoms with van der Waals surface area (Å²) in [6, 6.07) is 13.1. The molecule has 0 bridgehead atoms. The molecule has 7 heteroatoms. The highest BCUT2D eigenvalue weighted by molar-refractivity contribution is 5.91. The lowest BCUT2D eigenvalue weighted by Crippen LogP contribution is -2.15. The molecule has 4 aromatic rings. The van der Waals surface area contributed by atoms with Crippen LogP contribution in [-0.4, -0.2) is 31.1 Å². The third-order valence-corrected chi connectivity index (χ3v) is 4.35. The fourth-order valence-corrected chi connectivity index (χ4v) is 2.99. The van der Waals surface area contributed by atoms with Gasteiger partial charge in [0, 0.05) is 42.1 Å². The molecule has 4 aromatic heterocycles. The van der Waals surface area contributed by atoms with E-state index in [-0.39, 0.29) is 12.3 Å². The zero-order chi connectivity index (χ0) is 20.1. The Morgan fingerprint density at radius 3 is 2.52 bits per heavy atom. The summed E-state index contributed by atoms with van der Waals surface area (Å²) in [5.41, 5.74) is 5.30. The highest BCUT2D eigenvalue weighted by Crippen LogP contribution is 2.21. The maximum Gasteiger partial charge on any atom is 0.230 e. The van der Waals surface area contributed by atoms with Crippen LogP contribution in [0.15, 0.2) is 73.4 Å². The van der Waals surface area contributed by atoms with Crippen LogP contribution >= 0.6 is 0 Å². The molecule has 0 aromatic carbocycles. The molecule has 4 heterocycles. The Bertz CT molecular complexity index is 1120. The molecule has 29 heavy (non-hydrogen) atoms. The van der Waals surface area contributed by atoms with Gasteiger partial charge in [0.15, 0.2) is 0 Å². The number of nitrogens with one attached hydrogen (secondary N) is 1. The topological polar surface area (TPSA) is 93.6 Å². The van der Waals surface area contributed by atoms with Crippen LogP contribution in [0.3, 0.4) is 0 Å².